The predicted octanol–water partition coefficient (Wildman–Crippen LogP) is 0.496. The molecule has 106 valence electrons. The van der Waals surface area contributed by atoms with Crippen LogP contribution in [0.1, 0.15) is 24.7 Å². The van der Waals surface area contributed by atoms with Crippen molar-refractivity contribution in [2.45, 2.75) is 30.6 Å². The monoisotopic (exact) mass is 283 g/mol. The van der Waals surface area contributed by atoms with E-state index in [9.17, 15) is 0 Å². The summed E-state index contributed by atoms with van der Waals surface area (Å²) in [6, 6.07) is 0.597. The zero-order valence-corrected chi connectivity index (χ0v) is 11.9. The van der Waals surface area contributed by atoms with Crippen LogP contribution in [-0.2, 0) is 11.3 Å². The van der Waals surface area contributed by atoms with Crippen molar-refractivity contribution in [1.82, 2.24) is 19.7 Å². The number of aromatic nitrogens is 3. The van der Waals surface area contributed by atoms with Gasteiger partial charge in [-0.2, -0.15) is 0 Å². The molecule has 19 heavy (non-hydrogen) atoms. The van der Waals surface area contributed by atoms with Gasteiger partial charge in [0.25, 0.3) is 0 Å². The molecule has 0 spiro atoms. The van der Waals surface area contributed by atoms with Crippen LogP contribution in [0, 0.1) is 0 Å². The van der Waals surface area contributed by atoms with Crippen molar-refractivity contribution in [3.63, 3.8) is 0 Å². The third-order valence-electron chi connectivity index (χ3n) is 3.57. The minimum Gasteiger partial charge on any atom is -0.379 e. The van der Waals surface area contributed by atoms with Crippen LogP contribution in [0.5, 0.6) is 0 Å². The molecule has 2 heterocycles. The second-order valence-corrected chi connectivity index (χ2v) is 6.07. The lowest BCUT2D eigenvalue weighted by Crippen LogP contribution is -2.37. The largest absolute Gasteiger partial charge is 0.379 e. The summed E-state index contributed by atoms with van der Waals surface area (Å²) in [5.74, 6) is 1.98. The quantitative estimate of drug-likeness (QED) is 0.767. The average molecular weight is 283 g/mol. The first-order valence-electron chi connectivity index (χ1n) is 6.95. The van der Waals surface area contributed by atoms with E-state index >= 15 is 0 Å². The number of nitrogens with two attached hydrogens (primary N) is 1. The molecule has 3 rings (SSSR count). The van der Waals surface area contributed by atoms with E-state index in [0.29, 0.717) is 12.6 Å². The molecule has 7 heteroatoms. The van der Waals surface area contributed by atoms with Crippen molar-refractivity contribution in [3.8, 4) is 0 Å². The molecular weight excluding hydrogens is 262 g/mol. The highest BCUT2D eigenvalue weighted by Crippen LogP contribution is 2.38. The fraction of sp³-hybridized carbons (Fsp3) is 0.833. The van der Waals surface area contributed by atoms with Crippen LogP contribution < -0.4 is 5.73 Å². The van der Waals surface area contributed by atoms with Crippen LogP contribution in [0.25, 0.3) is 0 Å². The van der Waals surface area contributed by atoms with Crippen molar-refractivity contribution >= 4 is 11.8 Å². The molecule has 0 unspecified atom stereocenters. The molecule has 1 aromatic heterocycles. The number of morpholine rings is 1. The Balaban J connectivity index is 1.53. The molecule has 0 amide bonds. The summed E-state index contributed by atoms with van der Waals surface area (Å²) in [7, 11) is 0. The highest BCUT2D eigenvalue weighted by Gasteiger charge is 2.29. The van der Waals surface area contributed by atoms with Crippen molar-refractivity contribution in [3.05, 3.63) is 5.82 Å². The predicted molar refractivity (Wildman–Crippen MR) is 74.2 cm³/mol. The molecular formula is C12H21N5OS. The molecule has 2 aliphatic rings. The van der Waals surface area contributed by atoms with Gasteiger partial charge in [-0.25, -0.2) is 0 Å². The van der Waals surface area contributed by atoms with Gasteiger partial charge < -0.3 is 15.0 Å². The summed E-state index contributed by atoms with van der Waals surface area (Å²) in [5.41, 5.74) is 5.72. The summed E-state index contributed by atoms with van der Waals surface area (Å²) in [5, 5.41) is 9.52. The molecule has 1 aliphatic heterocycles. The molecule has 2 fully saturated rings. The Bertz CT molecular complexity index is 414. The number of hydrogen-bond acceptors (Lipinski definition) is 6. The number of nitrogens with zero attached hydrogens (tertiary/aromatic N) is 4. The van der Waals surface area contributed by atoms with Gasteiger partial charge in [0.15, 0.2) is 5.16 Å². The van der Waals surface area contributed by atoms with Crippen molar-refractivity contribution in [2.75, 3.05) is 38.6 Å². The van der Waals surface area contributed by atoms with Gasteiger partial charge in [0.2, 0.25) is 0 Å². The minimum absolute atomic E-state index is 0.480. The number of ether oxygens (including phenoxy) is 1. The van der Waals surface area contributed by atoms with Gasteiger partial charge in [-0.1, -0.05) is 11.8 Å². The summed E-state index contributed by atoms with van der Waals surface area (Å²) < 4.78 is 7.59. The van der Waals surface area contributed by atoms with Gasteiger partial charge in [-0.3, -0.25) is 4.90 Å². The van der Waals surface area contributed by atoms with Crippen LogP contribution in [0.15, 0.2) is 5.16 Å². The highest BCUT2D eigenvalue weighted by molar-refractivity contribution is 7.99. The Morgan fingerprint density at radius 1 is 1.26 bits per heavy atom. The van der Waals surface area contributed by atoms with E-state index in [0.717, 1.165) is 49.6 Å². The summed E-state index contributed by atoms with van der Waals surface area (Å²) >= 11 is 1.80. The molecule has 6 nitrogen and oxygen atoms in total. The molecule has 1 saturated heterocycles. The minimum atomic E-state index is 0.480. The first-order valence-corrected chi connectivity index (χ1v) is 7.94. The van der Waals surface area contributed by atoms with Crippen molar-refractivity contribution in [1.29, 1.82) is 0 Å². The summed E-state index contributed by atoms with van der Waals surface area (Å²) in [6.07, 6.45) is 2.48. The molecule has 1 aromatic rings. The summed E-state index contributed by atoms with van der Waals surface area (Å²) in [4.78, 5) is 2.44. The Kier molecular flexibility index (Phi) is 4.37. The molecule has 0 bridgehead atoms. The smallest absolute Gasteiger partial charge is 0.191 e. The maximum Gasteiger partial charge on any atom is 0.191 e. The zero-order valence-electron chi connectivity index (χ0n) is 11.1. The topological polar surface area (TPSA) is 69.2 Å². The zero-order chi connectivity index (χ0) is 13.1. The van der Waals surface area contributed by atoms with E-state index in [1.807, 2.05) is 0 Å². The van der Waals surface area contributed by atoms with Gasteiger partial charge in [0, 0.05) is 31.4 Å². The average Bonchev–Trinajstić information content (AvgIpc) is 3.21. The molecule has 2 N–H and O–H groups in total. The van der Waals surface area contributed by atoms with Crippen LogP contribution in [0.3, 0.4) is 0 Å². The third-order valence-corrected chi connectivity index (χ3v) is 4.50. The van der Waals surface area contributed by atoms with E-state index in [1.165, 1.54) is 12.8 Å². The standard InChI is InChI=1S/C12H21N5OS/c13-9-11-14-15-12(17(11)10-1-2-10)19-8-5-16-3-6-18-7-4-16/h10H,1-9,13H2. The number of rotatable bonds is 6. The van der Waals surface area contributed by atoms with Crippen molar-refractivity contribution < 1.29 is 4.74 Å². The van der Waals surface area contributed by atoms with Crippen LogP contribution in [-0.4, -0.2) is 58.3 Å². The first-order chi connectivity index (χ1) is 9.38. The van der Waals surface area contributed by atoms with Crippen molar-refractivity contribution in [2.24, 2.45) is 5.73 Å². The fourth-order valence-corrected chi connectivity index (χ4v) is 3.36. The lowest BCUT2D eigenvalue weighted by molar-refractivity contribution is 0.0410. The SMILES string of the molecule is NCc1nnc(SCCN2CCOCC2)n1C1CC1. The Morgan fingerprint density at radius 2 is 2.05 bits per heavy atom. The first kappa shape index (κ1) is 13.4. The lowest BCUT2D eigenvalue weighted by atomic mass is 10.4. The Morgan fingerprint density at radius 3 is 2.74 bits per heavy atom. The van der Waals surface area contributed by atoms with Gasteiger partial charge in [-0.15, -0.1) is 10.2 Å². The highest BCUT2D eigenvalue weighted by atomic mass is 32.2. The van der Waals surface area contributed by atoms with E-state index in [2.05, 4.69) is 19.7 Å². The van der Waals surface area contributed by atoms with Gasteiger partial charge >= 0.3 is 0 Å². The number of hydrogen-bond donors (Lipinski definition) is 1. The lowest BCUT2D eigenvalue weighted by Gasteiger charge is -2.26. The molecule has 0 radical (unpaired) electrons. The third kappa shape index (κ3) is 3.28. The normalized spacial score (nSPS) is 20.9. The van der Waals surface area contributed by atoms with Crippen LogP contribution in [0.4, 0.5) is 0 Å². The van der Waals surface area contributed by atoms with E-state index < -0.39 is 0 Å². The van der Waals surface area contributed by atoms with E-state index in [-0.39, 0.29) is 0 Å². The maximum absolute atomic E-state index is 5.72. The number of thioether (sulfide) groups is 1. The molecule has 0 atom stereocenters. The maximum atomic E-state index is 5.72. The molecule has 0 aromatic carbocycles. The van der Waals surface area contributed by atoms with Gasteiger partial charge in [-0.05, 0) is 12.8 Å². The second kappa shape index (κ2) is 6.21. The van der Waals surface area contributed by atoms with Gasteiger partial charge in [0.1, 0.15) is 5.82 Å². The fourth-order valence-electron chi connectivity index (χ4n) is 2.34. The second-order valence-electron chi connectivity index (χ2n) is 5.01. The molecule has 1 saturated carbocycles. The van der Waals surface area contributed by atoms with Crippen LogP contribution in [0.2, 0.25) is 0 Å². The van der Waals surface area contributed by atoms with Gasteiger partial charge in [0.05, 0.1) is 19.8 Å². The molecule has 1 aliphatic carbocycles. The van der Waals surface area contributed by atoms with E-state index in [4.69, 9.17) is 10.5 Å². The Hall–Kier alpha value is -0.630. The Labute approximate surface area is 117 Å². The van der Waals surface area contributed by atoms with E-state index in [1.54, 1.807) is 11.8 Å². The van der Waals surface area contributed by atoms with Crippen LogP contribution >= 0.6 is 11.8 Å². The summed E-state index contributed by atoms with van der Waals surface area (Å²) in [6.45, 7) is 5.38.